The van der Waals surface area contributed by atoms with Gasteiger partial charge in [-0.1, -0.05) is 18.2 Å². The summed E-state index contributed by atoms with van der Waals surface area (Å²) in [5.74, 6) is -4.26. The number of amides is 4. The van der Waals surface area contributed by atoms with Crippen molar-refractivity contribution < 1.29 is 29.1 Å². The molecule has 0 bridgehead atoms. The fourth-order valence-corrected chi connectivity index (χ4v) is 4.57. The molecule has 4 amide bonds. The number of aliphatic imine (C=N–C) groups is 1. The van der Waals surface area contributed by atoms with Crippen LogP contribution in [0.25, 0.3) is 10.9 Å². The molecule has 0 aliphatic rings. The lowest BCUT2D eigenvalue weighted by Gasteiger charge is -2.25. The first-order valence-electron chi connectivity index (χ1n) is 14.2. The maximum Gasteiger partial charge on any atom is 0.326 e. The highest BCUT2D eigenvalue weighted by atomic mass is 16.4. The first kappa shape index (κ1) is 34.0. The van der Waals surface area contributed by atoms with Crippen molar-refractivity contribution >= 4 is 46.5 Å². The van der Waals surface area contributed by atoms with Gasteiger partial charge in [-0.05, 0) is 30.9 Å². The van der Waals surface area contributed by atoms with Crippen LogP contribution in [-0.2, 0) is 36.8 Å². The summed E-state index contributed by atoms with van der Waals surface area (Å²) in [6.07, 6.45) is 4.60. The van der Waals surface area contributed by atoms with Gasteiger partial charge in [0.1, 0.15) is 18.1 Å². The van der Waals surface area contributed by atoms with Crippen LogP contribution in [0.1, 0.15) is 36.9 Å². The minimum Gasteiger partial charge on any atom is -0.480 e. The molecule has 0 saturated heterocycles. The zero-order valence-corrected chi connectivity index (χ0v) is 24.5. The number of primary amides is 1. The molecule has 0 spiro atoms. The molecule has 4 unspecified atom stereocenters. The van der Waals surface area contributed by atoms with Crippen molar-refractivity contribution in [1.82, 2.24) is 30.9 Å². The van der Waals surface area contributed by atoms with Gasteiger partial charge in [0.15, 0.2) is 5.96 Å². The number of fused-ring (bicyclic) bond motifs is 1. The van der Waals surface area contributed by atoms with Crippen LogP contribution in [0, 0.1) is 0 Å². The Morgan fingerprint density at radius 2 is 1.58 bits per heavy atom. The zero-order chi connectivity index (χ0) is 32.9. The molecule has 0 radical (unpaired) electrons. The lowest BCUT2D eigenvalue weighted by Crippen LogP contribution is -2.57. The number of carboxylic acid groups (broad SMARTS) is 1. The maximum atomic E-state index is 13.6. The van der Waals surface area contributed by atoms with Crippen LogP contribution in [0.4, 0.5) is 0 Å². The molecule has 45 heavy (non-hydrogen) atoms. The number of nitrogens with two attached hydrogens (primary N) is 4. The number of carboxylic acids is 1. The molecule has 14 N–H and O–H groups in total. The predicted molar refractivity (Wildman–Crippen MR) is 164 cm³/mol. The maximum absolute atomic E-state index is 13.6. The number of H-pyrrole nitrogens is 2. The normalized spacial score (nSPS) is 13.6. The van der Waals surface area contributed by atoms with Crippen LogP contribution >= 0.6 is 0 Å². The summed E-state index contributed by atoms with van der Waals surface area (Å²) in [4.78, 5) is 76.9. The van der Waals surface area contributed by atoms with E-state index < -0.39 is 53.8 Å². The van der Waals surface area contributed by atoms with E-state index in [1.807, 2.05) is 24.3 Å². The number of nitrogens with one attached hydrogen (secondary N) is 5. The third-order valence-electron chi connectivity index (χ3n) is 6.94. The Balaban J connectivity index is 1.85. The predicted octanol–water partition coefficient (Wildman–Crippen LogP) is -2.14. The van der Waals surface area contributed by atoms with Crippen LogP contribution in [0.3, 0.4) is 0 Å². The van der Waals surface area contributed by atoms with E-state index in [-0.39, 0.29) is 51.0 Å². The number of hydrogen-bond acceptors (Lipinski definition) is 8. The molecule has 0 saturated carbocycles. The van der Waals surface area contributed by atoms with E-state index >= 15 is 0 Å². The number of aliphatic carboxylic acids is 1. The third-order valence-corrected chi connectivity index (χ3v) is 6.94. The average molecular weight is 626 g/mol. The summed E-state index contributed by atoms with van der Waals surface area (Å²) in [5, 5.41) is 18.4. The largest absolute Gasteiger partial charge is 0.480 e. The third kappa shape index (κ3) is 10.6. The fourth-order valence-electron chi connectivity index (χ4n) is 4.57. The summed E-state index contributed by atoms with van der Waals surface area (Å²) < 4.78 is 0. The molecule has 2 aromatic heterocycles. The number of para-hydroxylation sites is 1. The first-order valence-corrected chi connectivity index (χ1v) is 14.2. The van der Waals surface area contributed by atoms with Gasteiger partial charge < -0.3 is 54.0 Å². The highest BCUT2D eigenvalue weighted by Gasteiger charge is 2.31. The van der Waals surface area contributed by atoms with Crippen LogP contribution in [-0.4, -0.2) is 86.3 Å². The topological polar surface area (TPSA) is 303 Å². The van der Waals surface area contributed by atoms with E-state index in [4.69, 9.17) is 22.9 Å². The SMILES string of the molecule is NC(=O)CCC(N)C(=O)NC(CCCN=C(N)N)C(=O)NC(Cc1c[nH]c2ccccc12)C(=O)NC(Cc1cnc[nH]1)C(=O)O. The van der Waals surface area contributed by atoms with Gasteiger partial charge in [0.05, 0.1) is 12.4 Å². The van der Waals surface area contributed by atoms with Gasteiger partial charge in [-0.3, -0.25) is 24.2 Å². The summed E-state index contributed by atoms with van der Waals surface area (Å²) >= 11 is 0. The number of aromatic nitrogens is 3. The zero-order valence-electron chi connectivity index (χ0n) is 24.5. The molecule has 1 aromatic carbocycles. The minimum absolute atomic E-state index is 0.00915. The van der Waals surface area contributed by atoms with Gasteiger partial charge >= 0.3 is 5.97 Å². The second-order valence-corrected chi connectivity index (χ2v) is 10.4. The Kier molecular flexibility index (Phi) is 12.4. The number of carbonyl (C=O) groups is 5. The molecule has 0 aliphatic carbocycles. The molecule has 0 aliphatic heterocycles. The molecule has 0 fully saturated rings. The van der Waals surface area contributed by atoms with Crippen LogP contribution in [0.2, 0.25) is 0 Å². The van der Waals surface area contributed by atoms with Gasteiger partial charge in [-0.15, -0.1) is 0 Å². The van der Waals surface area contributed by atoms with E-state index in [9.17, 15) is 29.1 Å². The molecular formula is C28H39N11O6. The van der Waals surface area contributed by atoms with Crippen molar-refractivity contribution in [3.05, 3.63) is 54.2 Å². The Bertz CT molecular complexity index is 1500. The number of carbonyl (C=O) groups excluding carboxylic acids is 4. The monoisotopic (exact) mass is 625 g/mol. The number of nitrogens with zero attached hydrogens (tertiary/aromatic N) is 2. The van der Waals surface area contributed by atoms with Gasteiger partial charge in [-0.25, -0.2) is 9.78 Å². The van der Waals surface area contributed by atoms with Gasteiger partial charge in [0, 0.05) is 54.8 Å². The number of benzene rings is 1. The lowest BCUT2D eigenvalue weighted by atomic mass is 10.0. The number of hydrogen-bond donors (Lipinski definition) is 10. The van der Waals surface area contributed by atoms with Gasteiger partial charge in [0.2, 0.25) is 23.6 Å². The molecule has 17 heteroatoms. The first-order chi connectivity index (χ1) is 21.4. The minimum atomic E-state index is -1.33. The van der Waals surface area contributed by atoms with E-state index in [1.54, 1.807) is 6.20 Å². The van der Waals surface area contributed by atoms with E-state index in [0.717, 1.165) is 10.9 Å². The summed E-state index contributed by atoms with van der Waals surface area (Å²) in [6.45, 7) is 0.156. The summed E-state index contributed by atoms with van der Waals surface area (Å²) in [5.41, 5.74) is 23.8. The van der Waals surface area contributed by atoms with Gasteiger partial charge in [-0.2, -0.15) is 0 Å². The second kappa shape index (κ2) is 16.4. The fraction of sp³-hybridized carbons (Fsp3) is 0.393. The molecule has 242 valence electrons. The van der Waals surface area contributed by atoms with Crippen molar-refractivity contribution in [3.8, 4) is 0 Å². The molecular weight excluding hydrogens is 586 g/mol. The van der Waals surface area contributed by atoms with Crippen molar-refractivity contribution in [3.63, 3.8) is 0 Å². The molecule has 4 atom stereocenters. The number of rotatable bonds is 18. The number of guanidine groups is 1. The van der Waals surface area contributed by atoms with Crippen molar-refractivity contribution in [1.29, 1.82) is 0 Å². The Morgan fingerprint density at radius 1 is 0.889 bits per heavy atom. The second-order valence-electron chi connectivity index (χ2n) is 10.4. The van der Waals surface area contributed by atoms with E-state index in [2.05, 4.69) is 35.9 Å². The number of imidazole rings is 1. The molecule has 17 nitrogen and oxygen atoms in total. The number of aromatic amines is 2. The Morgan fingerprint density at radius 3 is 2.24 bits per heavy atom. The van der Waals surface area contributed by atoms with Crippen molar-refractivity contribution in [2.75, 3.05) is 6.54 Å². The van der Waals surface area contributed by atoms with Crippen molar-refractivity contribution in [2.24, 2.45) is 27.9 Å². The Hall–Kier alpha value is -5.45. The van der Waals surface area contributed by atoms with Crippen LogP contribution in [0.15, 0.2) is 48.0 Å². The van der Waals surface area contributed by atoms with Gasteiger partial charge in [0.25, 0.3) is 0 Å². The molecule has 3 aromatic rings. The highest BCUT2D eigenvalue weighted by Crippen LogP contribution is 2.19. The average Bonchev–Trinajstić information content (AvgIpc) is 3.66. The molecule has 3 rings (SSSR count). The Labute approximate surface area is 258 Å². The smallest absolute Gasteiger partial charge is 0.326 e. The lowest BCUT2D eigenvalue weighted by molar-refractivity contribution is -0.142. The standard InChI is InChI=1S/C28H39N11O6/c29-18(7-8-23(30)40)24(41)37-20(6-3-9-34-28(31)32)25(42)38-21(10-15-12-35-19-5-2-1-4-17(15)19)26(43)39-22(27(44)45)11-16-13-33-14-36-16/h1-2,4-5,12-14,18,20-22,35H,3,6-11,29H2,(H2,30,40)(H,33,36)(H,37,41)(H,38,42)(H,39,43)(H,44,45)(H4,31,32,34). The van der Waals surface area contributed by atoms with E-state index in [1.165, 1.54) is 12.5 Å². The molecule has 2 heterocycles. The van der Waals surface area contributed by atoms with Crippen LogP contribution in [0.5, 0.6) is 0 Å². The summed E-state index contributed by atoms with van der Waals surface area (Å²) in [6, 6.07) is 2.46. The van der Waals surface area contributed by atoms with E-state index in [0.29, 0.717) is 11.3 Å². The quantitative estimate of drug-likeness (QED) is 0.0415. The summed E-state index contributed by atoms with van der Waals surface area (Å²) in [7, 11) is 0. The van der Waals surface area contributed by atoms with Crippen LogP contribution < -0.4 is 38.9 Å². The van der Waals surface area contributed by atoms with Crippen molar-refractivity contribution in [2.45, 2.75) is 62.7 Å². The highest BCUT2D eigenvalue weighted by molar-refractivity contribution is 5.95.